The first kappa shape index (κ1) is 10.5. The van der Waals surface area contributed by atoms with Gasteiger partial charge in [0.25, 0.3) is 0 Å². The Morgan fingerprint density at radius 3 is 2.93 bits per heavy atom. The van der Waals surface area contributed by atoms with Crippen LogP contribution in [-0.2, 0) is 0 Å². The summed E-state index contributed by atoms with van der Waals surface area (Å²) < 4.78 is 0. The lowest BCUT2D eigenvalue weighted by Gasteiger charge is -2.04. The third kappa shape index (κ3) is 3.02. The summed E-state index contributed by atoms with van der Waals surface area (Å²) in [6.45, 7) is 4.68. The fourth-order valence-electron chi connectivity index (χ4n) is 0.980. The SMILES string of the molecule is Cc1cnc(NCCCC#N)nc1C. The van der Waals surface area contributed by atoms with Crippen molar-refractivity contribution in [1.82, 2.24) is 9.97 Å². The molecule has 0 aliphatic heterocycles. The standard InChI is InChI=1S/C10H14N4/c1-8-7-13-10(14-9(8)2)12-6-4-3-5-11/h7H,3-4,6H2,1-2H3,(H,12,13,14). The Labute approximate surface area is 84.0 Å². The van der Waals surface area contributed by atoms with E-state index < -0.39 is 0 Å². The number of anilines is 1. The molecule has 4 nitrogen and oxygen atoms in total. The summed E-state index contributed by atoms with van der Waals surface area (Å²) in [6.07, 6.45) is 3.19. The van der Waals surface area contributed by atoms with Crippen molar-refractivity contribution >= 4 is 5.95 Å². The van der Waals surface area contributed by atoms with Gasteiger partial charge in [-0.15, -0.1) is 0 Å². The van der Waals surface area contributed by atoms with Gasteiger partial charge in [0.1, 0.15) is 0 Å². The molecule has 1 heterocycles. The Kier molecular flexibility index (Phi) is 3.86. The number of nitriles is 1. The second-order valence-electron chi connectivity index (χ2n) is 3.15. The Balaban J connectivity index is 2.44. The lowest BCUT2D eigenvalue weighted by Crippen LogP contribution is -2.06. The normalized spacial score (nSPS) is 9.50. The molecular weight excluding hydrogens is 176 g/mol. The van der Waals surface area contributed by atoms with Gasteiger partial charge in [-0.2, -0.15) is 5.26 Å². The fourth-order valence-corrected chi connectivity index (χ4v) is 0.980. The molecule has 0 amide bonds. The average Bonchev–Trinajstić information content (AvgIpc) is 2.18. The maximum Gasteiger partial charge on any atom is 0.222 e. The first-order valence-corrected chi connectivity index (χ1v) is 4.65. The van der Waals surface area contributed by atoms with Crippen LogP contribution in [0.1, 0.15) is 24.1 Å². The van der Waals surface area contributed by atoms with Gasteiger partial charge in [-0.1, -0.05) is 0 Å². The zero-order valence-corrected chi connectivity index (χ0v) is 8.54. The molecule has 14 heavy (non-hydrogen) atoms. The van der Waals surface area contributed by atoms with E-state index in [9.17, 15) is 0 Å². The summed E-state index contributed by atoms with van der Waals surface area (Å²) in [5.41, 5.74) is 2.08. The Bertz CT molecular complexity index is 340. The van der Waals surface area contributed by atoms with Crippen LogP contribution in [0.5, 0.6) is 0 Å². The number of aryl methyl sites for hydroxylation is 2. The molecule has 0 saturated heterocycles. The minimum atomic E-state index is 0.567. The van der Waals surface area contributed by atoms with Crippen molar-refractivity contribution in [2.24, 2.45) is 0 Å². The van der Waals surface area contributed by atoms with Crippen LogP contribution < -0.4 is 5.32 Å². The van der Waals surface area contributed by atoms with Crippen LogP contribution >= 0.6 is 0 Å². The minimum Gasteiger partial charge on any atom is -0.354 e. The van der Waals surface area contributed by atoms with Gasteiger partial charge in [0.05, 0.1) is 6.07 Å². The Morgan fingerprint density at radius 1 is 1.50 bits per heavy atom. The molecule has 1 rings (SSSR count). The summed E-state index contributed by atoms with van der Waals surface area (Å²) in [6, 6.07) is 2.09. The highest BCUT2D eigenvalue weighted by molar-refractivity contribution is 5.28. The molecule has 1 aromatic heterocycles. The molecule has 0 saturated carbocycles. The van der Waals surface area contributed by atoms with E-state index in [1.165, 1.54) is 0 Å². The first-order valence-electron chi connectivity index (χ1n) is 4.65. The Morgan fingerprint density at radius 2 is 2.29 bits per heavy atom. The van der Waals surface area contributed by atoms with Crippen LogP contribution in [0.2, 0.25) is 0 Å². The van der Waals surface area contributed by atoms with Gasteiger partial charge < -0.3 is 5.32 Å². The third-order valence-corrected chi connectivity index (χ3v) is 1.97. The average molecular weight is 190 g/mol. The van der Waals surface area contributed by atoms with Crippen LogP contribution in [0.4, 0.5) is 5.95 Å². The Hall–Kier alpha value is -1.63. The lowest BCUT2D eigenvalue weighted by molar-refractivity contribution is 0.879. The highest BCUT2D eigenvalue weighted by Crippen LogP contribution is 2.04. The number of unbranched alkanes of at least 4 members (excludes halogenated alkanes) is 1. The van der Waals surface area contributed by atoms with Crippen molar-refractivity contribution in [2.45, 2.75) is 26.7 Å². The van der Waals surface area contributed by atoms with Crippen molar-refractivity contribution < 1.29 is 0 Å². The topological polar surface area (TPSA) is 61.6 Å². The summed E-state index contributed by atoms with van der Waals surface area (Å²) in [4.78, 5) is 8.40. The van der Waals surface area contributed by atoms with E-state index in [1.807, 2.05) is 13.8 Å². The molecule has 1 N–H and O–H groups in total. The van der Waals surface area contributed by atoms with E-state index in [0.29, 0.717) is 12.4 Å². The fraction of sp³-hybridized carbons (Fsp3) is 0.500. The van der Waals surface area contributed by atoms with Gasteiger partial charge in [0, 0.05) is 24.9 Å². The van der Waals surface area contributed by atoms with Crippen molar-refractivity contribution in [3.63, 3.8) is 0 Å². The minimum absolute atomic E-state index is 0.567. The molecule has 0 atom stereocenters. The summed E-state index contributed by atoms with van der Waals surface area (Å²) in [5, 5.41) is 11.4. The molecular formula is C10H14N4. The van der Waals surface area contributed by atoms with Crippen molar-refractivity contribution in [2.75, 3.05) is 11.9 Å². The van der Waals surface area contributed by atoms with Crippen LogP contribution in [0.3, 0.4) is 0 Å². The maximum atomic E-state index is 8.33. The van der Waals surface area contributed by atoms with Gasteiger partial charge in [-0.05, 0) is 25.8 Å². The zero-order valence-electron chi connectivity index (χ0n) is 8.54. The lowest BCUT2D eigenvalue weighted by atomic mass is 10.3. The van der Waals surface area contributed by atoms with Crippen molar-refractivity contribution in [3.8, 4) is 6.07 Å². The molecule has 0 aromatic carbocycles. The second-order valence-corrected chi connectivity index (χ2v) is 3.15. The highest BCUT2D eigenvalue weighted by Gasteiger charge is 1.97. The third-order valence-electron chi connectivity index (χ3n) is 1.97. The number of aromatic nitrogens is 2. The first-order chi connectivity index (χ1) is 6.74. The molecule has 0 spiro atoms. The monoisotopic (exact) mass is 190 g/mol. The van der Waals surface area contributed by atoms with Crippen molar-refractivity contribution in [3.05, 3.63) is 17.5 Å². The molecule has 0 aliphatic carbocycles. The summed E-state index contributed by atoms with van der Waals surface area (Å²) >= 11 is 0. The highest BCUT2D eigenvalue weighted by atomic mass is 15.1. The van der Waals surface area contributed by atoms with E-state index in [4.69, 9.17) is 5.26 Å². The predicted octanol–water partition coefficient (Wildman–Crippen LogP) is 1.81. The molecule has 0 fully saturated rings. The molecule has 0 aliphatic rings. The number of nitrogens with zero attached hydrogens (tertiary/aromatic N) is 3. The van der Waals surface area contributed by atoms with Gasteiger partial charge in [0.15, 0.2) is 0 Å². The van der Waals surface area contributed by atoms with E-state index in [2.05, 4.69) is 21.4 Å². The van der Waals surface area contributed by atoms with Gasteiger partial charge in [0.2, 0.25) is 5.95 Å². The van der Waals surface area contributed by atoms with Gasteiger partial charge in [-0.25, -0.2) is 9.97 Å². The smallest absolute Gasteiger partial charge is 0.222 e. The molecule has 4 heteroatoms. The maximum absolute atomic E-state index is 8.33. The van der Waals surface area contributed by atoms with E-state index in [0.717, 1.165) is 24.2 Å². The number of rotatable bonds is 4. The molecule has 1 aromatic rings. The second kappa shape index (κ2) is 5.18. The van der Waals surface area contributed by atoms with Crippen LogP contribution in [-0.4, -0.2) is 16.5 Å². The largest absolute Gasteiger partial charge is 0.354 e. The van der Waals surface area contributed by atoms with E-state index in [-0.39, 0.29) is 0 Å². The van der Waals surface area contributed by atoms with Crippen LogP contribution in [0.15, 0.2) is 6.20 Å². The molecule has 0 unspecified atom stereocenters. The van der Waals surface area contributed by atoms with Crippen LogP contribution in [0, 0.1) is 25.2 Å². The van der Waals surface area contributed by atoms with E-state index in [1.54, 1.807) is 6.20 Å². The molecule has 0 bridgehead atoms. The summed E-state index contributed by atoms with van der Waals surface area (Å²) in [5.74, 6) is 0.644. The molecule has 74 valence electrons. The van der Waals surface area contributed by atoms with Crippen molar-refractivity contribution in [1.29, 1.82) is 5.26 Å². The quantitative estimate of drug-likeness (QED) is 0.735. The number of nitrogens with one attached hydrogen (secondary N) is 1. The number of hydrogen-bond acceptors (Lipinski definition) is 4. The predicted molar refractivity (Wildman–Crippen MR) is 54.8 cm³/mol. The van der Waals surface area contributed by atoms with Gasteiger partial charge in [-0.3, -0.25) is 0 Å². The van der Waals surface area contributed by atoms with Crippen LogP contribution in [0.25, 0.3) is 0 Å². The zero-order chi connectivity index (χ0) is 10.4. The number of hydrogen-bond donors (Lipinski definition) is 1. The van der Waals surface area contributed by atoms with Gasteiger partial charge >= 0.3 is 0 Å². The molecule has 0 radical (unpaired) electrons. The summed E-state index contributed by atoms with van der Waals surface area (Å²) in [7, 11) is 0. The van der Waals surface area contributed by atoms with E-state index >= 15 is 0 Å².